The molecule has 2 heterocycles. The average Bonchev–Trinajstić information content (AvgIpc) is 2.89. The summed E-state index contributed by atoms with van der Waals surface area (Å²) in [5, 5.41) is 0.836. The van der Waals surface area contributed by atoms with E-state index in [1.807, 2.05) is 31.2 Å². The van der Waals surface area contributed by atoms with Crippen LogP contribution in [-0.4, -0.2) is 34.2 Å². The molecule has 116 valence electrons. The molecule has 1 aliphatic rings. The second kappa shape index (κ2) is 5.95. The van der Waals surface area contributed by atoms with Crippen LogP contribution < -0.4 is 0 Å². The first-order chi connectivity index (χ1) is 10.6. The third-order valence-electron chi connectivity index (χ3n) is 4.67. The Morgan fingerprint density at radius 2 is 2.05 bits per heavy atom. The monoisotopic (exact) mass is 298 g/mol. The number of carbonyl (C=O) groups is 2. The maximum atomic E-state index is 12.8. The molecule has 0 spiro atoms. The molecule has 0 aliphatic carbocycles. The lowest BCUT2D eigenvalue weighted by Gasteiger charge is -2.34. The van der Waals surface area contributed by atoms with E-state index in [9.17, 15) is 9.59 Å². The quantitative estimate of drug-likeness (QED) is 0.697. The third kappa shape index (κ3) is 2.43. The number of aromatic amines is 1. The van der Waals surface area contributed by atoms with Crippen molar-refractivity contribution in [1.82, 2.24) is 9.88 Å². The predicted molar refractivity (Wildman–Crippen MR) is 87.0 cm³/mol. The van der Waals surface area contributed by atoms with E-state index in [0.29, 0.717) is 12.1 Å². The van der Waals surface area contributed by atoms with Gasteiger partial charge in [0.25, 0.3) is 11.7 Å². The Morgan fingerprint density at radius 1 is 1.27 bits per heavy atom. The van der Waals surface area contributed by atoms with E-state index in [-0.39, 0.29) is 17.7 Å². The number of para-hydroxylation sites is 1. The van der Waals surface area contributed by atoms with Crippen LogP contribution in [0, 0.1) is 6.92 Å². The summed E-state index contributed by atoms with van der Waals surface area (Å²) in [5.74, 6) is -0.727. The van der Waals surface area contributed by atoms with Gasteiger partial charge >= 0.3 is 0 Å². The summed E-state index contributed by atoms with van der Waals surface area (Å²) in [7, 11) is 0. The van der Waals surface area contributed by atoms with Crippen molar-refractivity contribution in [3.63, 3.8) is 0 Å². The molecule has 3 rings (SSSR count). The second-order valence-corrected chi connectivity index (χ2v) is 6.06. The molecule has 1 amide bonds. The number of aryl methyl sites for hydroxylation is 1. The normalized spacial score (nSPS) is 18.6. The van der Waals surface area contributed by atoms with Crippen LogP contribution >= 0.6 is 0 Å². The molecule has 4 heteroatoms. The molecule has 0 saturated carbocycles. The van der Waals surface area contributed by atoms with Crippen molar-refractivity contribution in [3.8, 4) is 0 Å². The first-order valence-electron chi connectivity index (χ1n) is 8.06. The molecule has 22 heavy (non-hydrogen) atoms. The Kier molecular flexibility index (Phi) is 4.01. The van der Waals surface area contributed by atoms with Gasteiger partial charge in [0, 0.05) is 29.2 Å². The van der Waals surface area contributed by atoms with Crippen molar-refractivity contribution in [1.29, 1.82) is 0 Å². The van der Waals surface area contributed by atoms with Gasteiger partial charge in [0.2, 0.25) is 0 Å². The van der Waals surface area contributed by atoms with Gasteiger partial charge in [-0.05, 0) is 38.7 Å². The van der Waals surface area contributed by atoms with Crippen molar-refractivity contribution in [3.05, 3.63) is 35.5 Å². The zero-order valence-electron chi connectivity index (χ0n) is 13.2. The van der Waals surface area contributed by atoms with Crippen LogP contribution in [0.3, 0.4) is 0 Å². The highest BCUT2D eigenvalue weighted by Crippen LogP contribution is 2.25. The molecule has 1 aromatic carbocycles. The van der Waals surface area contributed by atoms with Crippen molar-refractivity contribution in [2.75, 3.05) is 6.54 Å². The lowest BCUT2D eigenvalue weighted by molar-refractivity contribution is -0.130. The van der Waals surface area contributed by atoms with Gasteiger partial charge in [-0.3, -0.25) is 9.59 Å². The van der Waals surface area contributed by atoms with Crippen LogP contribution in [0.1, 0.15) is 48.7 Å². The summed E-state index contributed by atoms with van der Waals surface area (Å²) in [4.78, 5) is 30.5. The summed E-state index contributed by atoms with van der Waals surface area (Å²) < 4.78 is 0. The number of nitrogens with zero attached hydrogens (tertiary/aromatic N) is 1. The summed E-state index contributed by atoms with van der Waals surface area (Å²) in [6, 6.07) is 7.85. The van der Waals surface area contributed by atoms with Crippen LogP contribution in [0.5, 0.6) is 0 Å². The molecule has 0 radical (unpaired) electrons. The van der Waals surface area contributed by atoms with Gasteiger partial charge in [-0.1, -0.05) is 25.1 Å². The molecule has 0 bridgehead atoms. The Hall–Kier alpha value is -2.10. The minimum atomic E-state index is -0.379. The molecule has 2 aromatic rings. The number of amides is 1. The van der Waals surface area contributed by atoms with Crippen molar-refractivity contribution < 1.29 is 9.59 Å². The molecule has 4 nitrogen and oxygen atoms in total. The maximum Gasteiger partial charge on any atom is 0.295 e. The molecule has 1 aliphatic heterocycles. The van der Waals surface area contributed by atoms with E-state index >= 15 is 0 Å². The van der Waals surface area contributed by atoms with Crippen molar-refractivity contribution in [2.45, 2.75) is 45.6 Å². The Labute approximate surface area is 130 Å². The van der Waals surface area contributed by atoms with Gasteiger partial charge in [-0.25, -0.2) is 0 Å². The fourth-order valence-corrected chi connectivity index (χ4v) is 3.50. The van der Waals surface area contributed by atoms with E-state index < -0.39 is 0 Å². The highest BCUT2D eigenvalue weighted by Gasteiger charge is 2.32. The molecular weight excluding hydrogens is 276 g/mol. The maximum absolute atomic E-state index is 12.8. The molecule has 1 N–H and O–H groups in total. The van der Waals surface area contributed by atoms with E-state index in [1.54, 1.807) is 4.90 Å². The molecule has 1 aromatic heterocycles. The number of fused-ring (bicyclic) bond motifs is 1. The van der Waals surface area contributed by atoms with Gasteiger partial charge in [-0.15, -0.1) is 0 Å². The predicted octanol–water partition coefficient (Wildman–Crippen LogP) is 3.45. The van der Waals surface area contributed by atoms with Crippen LogP contribution in [0.15, 0.2) is 24.3 Å². The molecule has 1 unspecified atom stereocenters. The number of hydrogen-bond acceptors (Lipinski definition) is 2. The minimum absolute atomic E-state index is 0.204. The number of carbonyl (C=O) groups excluding carboxylic acids is 2. The average molecular weight is 298 g/mol. The lowest BCUT2D eigenvalue weighted by Crippen LogP contribution is -2.46. The zero-order chi connectivity index (χ0) is 15.7. The van der Waals surface area contributed by atoms with Gasteiger partial charge in [-0.2, -0.15) is 0 Å². The van der Waals surface area contributed by atoms with E-state index in [1.165, 1.54) is 0 Å². The van der Waals surface area contributed by atoms with E-state index in [0.717, 1.165) is 42.3 Å². The molecule has 1 saturated heterocycles. The van der Waals surface area contributed by atoms with Crippen LogP contribution in [0.2, 0.25) is 0 Å². The topological polar surface area (TPSA) is 53.2 Å². The second-order valence-electron chi connectivity index (χ2n) is 6.06. The number of hydrogen-bond donors (Lipinski definition) is 1. The van der Waals surface area contributed by atoms with Gasteiger partial charge in [0.1, 0.15) is 0 Å². The smallest absolute Gasteiger partial charge is 0.295 e. The fourth-order valence-electron chi connectivity index (χ4n) is 3.50. The summed E-state index contributed by atoms with van der Waals surface area (Å²) in [5.41, 5.74) is 2.20. The number of ketones is 1. The number of nitrogens with one attached hydrogen (secondary N) is 1. The third-order valence-corrected chi connectivity index (χ3v) is 4.67. The van der Waals surface area contributed by atoms with Crippen LogP contribution in [0.4, 0.5) is 0 Å². The van der Waals surface area contributed by atoms with Gasteiger partial charge in [0.15, 0.2) is 0 Å². The zero-order valence-corrected chi connectivity index (χ0v) is 13.2. The molecule has 1 fully saturated rings. The number of H-pyrrole nitrogens is 1. The van der Waals surface area contributed by atoms with E-state index in [2.05, 4.69) is 11.9 Å². The number of aromatic nitrogens is 1. The largest absolute Gasteiger partial charge is 0.358 e. The number of Topliss-reactive ketones (excluding diaryl/α,β-unsaturated/α-hetero) is 1. The highest BCUT2D eigenvalue weighted by atomic mass is 16.2. The van der Waals surface area contributed by atoms with Gasteiger partial charge in [0.05, 0.1) is 5.56 Å². The van der Waals surface area contributed by atoms with E-state index in [4.69, 9.17) is 0 Å². The van der Waals surface area contributed by atoms with Crippen LogP contribution in [0.25, 0.3) is 10.9 Å². The Morgan fingerprint density at radius 3 is 2.82 bits per heavy atom. The number of benzene rings is 1. The number of rotatable bonds is 3. The SMILES string of the molecule is CCC1CCCCN1C(=O)C(=O)c1c(C)[nH]c2ccccc12. The first-order valence-corrected chi connectivity index (χ1v) is 8.06. The minimum Gasteiger partial charge on any atom is -0.358 e. The van der Waals surface area contributed by atoms with Crippen molar-refractivity contribution >= 4 is 22.6 Å². The first kappa shape index (κ1) is 14.8. The highest BCUT2D eigenvalue weighted by molar-refractivity contribution is 6.45. The molecular formula is C18H22N2O2. The Balaban J connectivity index is 1.95. The molecule has 1 atom stereocenters. The van der Waals surface area contributed by atoms with Crippen molar-refractivity contribution in [2.24, 2.45) is 0 Å². The van der Waals surface area contributed by atoms with Gasteiger partial charge < -0.3 is 9.88 Å². The Bertz CT molecular complexity index is 717. The standard InChI is InChI=1S/C18H22N2O2/c1-3-13-8-6-7-11-20(13)18(22)17(21)16-12(2)19-15-10-5-4-9-14(15)16/h4-5,9-10,13,19H,3,6-8,11H2,1-2H3. The lowest BCUT2D eigenvalue weighted by atomic mass is 9.98. The number of likely N-dealkylation sites (tertiary alicyclic amines) is 1. The van der Waals surface area contributed by atoms with Crippen LogP contribution in [-0.2, 0) is 4.79 Å². The summed E-state index contributed by atoms with van der Waals surface area (Å²) in [6.45, 7) is 4.64. The summed E-state index contributed by atoms with van der Waals surface area (Å²) >= 11 is 0. The fraction of sp³-hybridized carbons (Fsp3) is 0.444. The summed E-state index contributed by atoms with van der Waals surface area (Å²) in [6.07, 6.45) is 4.04. The number of piperidine rings is 1.